The van der Waals surface area contributed by atoms with Crippen molar-refractivity contribution in [1.82, 2.24) is 5.32 Å². The molecule has 0 fully saturated rings. The summed E-state index contributed by atoms with van der Waals surface area (Å²) in [7, 11) is 0. The van der Waals surface area contributed by atoms with Crippen molar-refractivity contribution < 1.29 is 13.6 Å². The molecule has 1 atom stereocenters. The first kappa shape index (κ1) is 16.3. The first-order valence-electron chi connectivity index (χ1n) is 7.45. The van der Waals surface area contributed by atoms with Gasteiger partial charge in [0.2, 0.25) is 0 Å². The smallest absolute Gasteiger partial charge is 0.261 e. The molecule has 1 amide bonds. The van der Waals surface area contributed by atoms with Gasteiger partial charge in [0.15, 0.2) is 11.6 Å². The summed E-state index contributed by atoms with van der Waals surface area (Å²) < 4.78 is 26.4. The predicted octanol–water partition coefficient (Wildman–Crippen LogP) is 5.18. The highest BCUT2D eigenvalue weighted by molar-refractivity contribution is 7.17. The third-order valence-corrected chi connectivity index (χ3v) is 4.81. The second-order valence-electron chi connectivity index (χ2n) is 5.40. The molecule has 122 valence electrons. The van der Waals surface area contributed by atoms with Crippen molar-refractivity contribution in [3.8, 4) is 10.4 Å². The van der Waals surface area contributed by atoms with Crippen LogP contribution < -0.4 is 5.32 Å². The molecule has 0 aliphatic heterocycles. The Balaban J connectivity index is 1.75. The zero-order valence-electron chi connectivity index (χ0n) is 12.9. The topological polar surface area (TPSA) is 29.1 Å². The van der Waals surface area contributed by atoms with Gasteiger partial charge in [0.25, 0.3) is 5.91 Å². The maximum absolute atomic E-state index is 13.3. The lowest BCUT2D eigenvalue weighted by Gasteiger charge is -2.13. The molecule has 1 heterocycles. The van der Waals surface area contributed by atoms with Gasteiger partial charge in [0.05, 0.1) is 10.9 Å². The van der Waals surface area contributed by atoms with E-state index in [1.54, 1.807) is 12.1 Å². The molecule has 0 unspecified atom stereocenters. The van der Waals surface area contributed by atoms with Crippen molar-refractivity contribution in [1.29, 1.82) is 0 Å². The van der Waals surface area contributed by atoms with Crippen LogP contribution in [0.15, 0.2) is 60.7 Å². The Morgan fingerprint density at radius 1 is 1.00 bits per heavy atom. The molecular weight excluding hydrogens is 328 g/mol. The van der Waals surface area contributed by atoms with E-state index in [0.717, 1.165) is 17.7 Å². The number of benzene rings is 2. The van der Waals surface area contributed by atoms with Crippen molar-refractivity contribution in [2.75, 3.05) is 0 Å². The van der Waals surface area contributed by atoms with Crippen LogP contribution in [-0.4, -0.2) is 5.91 Å². The minimum atomic E-state index is -0.899. The van der Waals surface area contributed by atoms with Crippen molar-refractivity contribution in [2.45, 2.75) is 13.0 Å². The average Bonchev–Trinajstić information content (AvgIpc) is 3.08. The van der Waals surface area contributed by atoms with Gasteiger partial charge >= 0.3 is 0 Å². The second kappa shape index (κ2) is 6.93. The van der Waals surface area contributed by atoms with Gasteiger partial charge in [-0.15, -0.1) is 11.3 Å². The van der Waals surface area contributed by atoms with Crippen LogP contribution in [0.5, 0.6) is 0 Å². The molecule has 1 N–H and O–H groups in total. The molecular formula is C19H15F2NOS. The Kier molecular flexibility index (Phi) is 4.71. The molecule has 1 aromatic heterocycles. The van der Waals surface area contributed by atoms with Crippen LogP contribution >= 0.6 is 11.3 Å². The fourth-order valence-electron chi connectivity index (χ4n) is 2.36. The van der Waals surface area contributed by atoms with E-state index in [0.29, 0.717) is 15.3 Å². The van der Waals surface area contributed by atoms with E-state index >= 15 is 0 Å². The second-order valence-corrected chi connectivity index (χ2v) is 6.48. The first-order valence-corrected chi connectivity index (χ1v) is 8.27. The summed E-state index contributed by atoms with van der Waals surface area (Å²) in [5, 5.41) is 2.94. The van der Waals surface area contributed by atoms with E-state index in [4.69, 9.17) is 0 Å². The van der Waals surface area contributed by atoms with Gasteiger partial charge < -0.3 is 5.32 Å². The summed E-state index contributed by atoms with van der Waals surface area (Å²) >= 11 is 1.24. The summed E-state index contributed by atoms with van der Waals surface area (Å²) in [6.45, 7) is 1.91. The monoisotopic (exact) mass is 343 g/mol. The number of hydrogen-bond donors (Lipinski definition) is 1. The van der Waals surface area contributed by atoms with E-state index in [1.807, 2.05) is 37.3 Å². The Labute approximate surface area is 142 Å². The fourth-order valence-corrected chi connectivity index (χ4v) is 3.26. The highest BCUT2D eigenvalue weighted by Crippen LogP contribution is 2.29. The molecule has 24 heavy (non-hydrogen) atoms. The van der Waals surface area contributed by atoms with Crippen molar-refractivity contribution in [3.05, 3.63) is 82.7 Å². The lowest BCUT2D eigenvalue weighted by Crippen LogP contribution is -2.25. The minimum Gasteiger partial charge on any atom is -0.345 e. The van der Waals surface area contributed by atoms with Crippen LogP contribution in [0.25, 0.3) is 10.4 Å². The van der Waals surface area contributed by atoms with Gasteiger partial charge in [0, 0.05) is 4.88 Å². The molecule has 0 aliphatic carbocycles. The third kappa shape index (κ3) is 3.51. The molecule has 5 heteroatoms. The van der Waals surface area contributed by atoms with Crippen molar-refractivity contribution in [3.63, 3.8) is 0 Å². The molecule has 3 rings (SSSR count). The molecule has 0 aliphatic rings. The van der Waals surface area contributed by atoms with E-state index in [-0.39, 0.29) is 11.9 Å². The summed E-state index contributed by atoms with van der Waals surface area (Å²) in [5.41, 5.74) is 1.57. The first-order chi connectivity index (χ1) is 11.5. The van der Waals surface area contributed by atoms with E-state index in [1.165, 1.54) is 17.4 Å². The summed E-state index contributed by atoms with van der Waals surface area (Å²) in [5.74, 6) is -1.97. The molecule has 0 bridgehead atoms. The quantitative estimate of drug-likeness (QED) is 0.694. The summed E-state index contributed by atoms with van der Waals surface area (Å²) in [6.07, 6.45) is 0. The molecule has 2 nitrogen and oxygen atoms in total. The number of hydrogen-bond acceptors (Lipinski definition) is 2. The largest absolute Gasteiger partial charge is 0.345 e. The minimum absolute atomic E-state index is 0.118. The highest BCUT2D eigenvalue weighted by atomic mass is 32.1. The van der Waals surface area contributed by atoms with Crippen LogP contribution in [0.1, 0.15) is 28.2 Å². The fraction of sp³-hybridized carbons (Fsp3) is 0.105. The summed E-state index contributed by atoms with van der Waals surface area (Å²) in [6, 6.07) is 16.7. The van der Waals surface area contributed by atoms with Crippen LogP contribution in [0.4, 0.5) is 8.78 Å². The molecule has 0 saturated heterocycles. The van der Waals surface area contributed by atoms with E-state index in [9.17, 15) is 13.6 Å². The SMILES string of the molecule is C[C@@H](NC(=O)c1ccc(-c2ccc(F)c(F)c2)s1)c1ccccc1. The normalized spacial score (nSPS) is 12.0. The molecule has 0 radical (unpaired) electrons. The number of halogens is 2. The number of thiophene rings is 1. The standard InChI is InChI=1S/C19H15F2NOS/c1-12(13-5-3-2-4-6-13)22-19(23)18-10-9-17(24-18)14-7-8-15(20)16(21)11-14/h2-12H,1H3,(H,22,23)/t12-/m1/s1. The van der Waals surface area contributed by atoms with Gasteiger partial charge in [-0.2, -0.15) is 0 Å². The maximum Gasteiger partial charge on any atom is 0.261 e. The highest BCUT2D eigenvalue weighted by Gasteiger charge is 2.14. The molecule has 3 aromatic rings. The third-order valence-electron chi connectivity index (χ3n) is 3.68. The number of nitrogens with one attached hydrogen (secondary N) is 1. The number of carbonyl (C=O) groups excluding carboxylic acids is 1. The number of amides is 1. The van der Waals surface area contributed by atoms with Crippen LogP contribution in [0.3, 0.4) is 0 Å². The van der Waals surface area contributed by atoms with Gasteiger partial charge in [0.1, 0.15) is 0 Å². The van der Waals surface area contributed by atoms with Gasteiger partial charge in [-0.25, -0.2) is 8.78 Å². The van der Waals surface area contributed by atoms with Crippen molar-refractivity contribution in [2.24, 2.45) is 0 Å². The van der Waals surface area contributed by atoms with Gasteiger partial charge in [-0.1, -0.05) is 36.4 Å². The van der Waals surface area contributed by atoms with Crippen LogP contribution in [0.2, 0.25) is 0 Å². The average molecular weight is 343 g/mol. The Morgan fingerprint density at radius 2 is 1.75 bits per heavy atom. The lowest BCUT2D eigenvalue weighted by atomic mass is 10.1. The zero-order chi connectivity index (χ0) is 17.1. The van der Waals surface area contributed by atoms with Crippen LogP contribution in [0, 0.1) is 11.6 Å². The Hall–Kier alpha value is -2.53. The number of carbonyl (C=O) groups is 1. The van der Waals surface area contributed by atoms with E-state index in [2.05, 4.69) is 5.32 Å². The Bertz CT molecular complexity index is 861. The molecule has 0 saturated carbocycles. The predicted molar refractivity (Wildman–Crippen MR) is 92.0 cm³/mol. The van der Waals surface area contributed by atoms with Gasteiger partial charge in [-0.05, 0) is 42.3 Å². The Morgan fingerprint density at radius 3 is 2.46 bits per heavy atom. The van der Waals surface area contributed by atoms with Crippen molar-refractivity contribution >= 4 is 17.2 Å². The van der Waals surface area contributed by atoms with E-state index < -0.39 is 11.6 Å². The van der Waals surface area contributed by atoms with Crippen LogP contribution in [-0.2, 0) is 0 Å². The lowest BCUT2D eigenvalue weighted by molar-refractivity contribution is 0.0944. The number of rotatable bonds is 4. The zero-order valence-corrected chi connectivity index (χ0v) is 13.7. The van der Waals surface area contributed by atoms with Gasteiger partial charge in [-0.3, -0.25) is 4.79 Å². The molecule has 2 aromatic carbocycles. The molecule has 0 spiro atoms. The summed E-state index contributed by atoms with van der Waals surface area (Å²) in [4.78, 5) is 13.6. The maximum atomic E-state index is 13.3.